The minimum atomic E-state index is 0.778. The summed E-state index contributed by atoms with van der Waals surface area (Å²) in [4.78, 5) is 6.37. The van der Waals surface area contributed by atoms with Crippen molar-refractivity contribution in [3.63, 3.8) is 0 Å². The Labute approximate surface area is 119 Å². The molecule has 1 heterocycles. The Balaban J connectivity index is 2.20. The normalized spacial score (nSPS) is 10.5. The largest absolute Gasteiger partial charge is 0.370 e. The van der Waals surface area contributed by atoms with Crippen LogP contribution in [0.3, 0.4) is 0 Å². The summed E-state index contributed by atoms with van der Waals surface area (Å²) in [5.41, 5.74) is 3.47. The van der Waals surface area contributed by atoms with E-state index in [4.69, 9.17) is 11.6 Å². The number of hydrogen-bond donors (Lipinski definition) is 1. The predicted octanol–water partition coefficient (Wildman–Crippen LogP) is 3.09. The van der Waals surface area contributed by atoms with E-state index in [0.29, 0.717) is 0 Å². The van der Waals surface area contributed by atoms with Crippen molar-refractivity contribution >= 4 is 17.3 Å². The van der Waals surface area contributed by atoms with Crippen LogP contribution in [-0.4, -0.2) is 19.1 Å². The molecular formula is C15H18ClN3. The standard InChI is InChI=1S/C15H18ClN3/c1-17-9-13-10-18-8-7-15(13)19(2)11-12-5-3-4-6-14(12)16/h3-8,10,17H,9,11H2,1-2H3. The lowest BCUT2D eigenvalue weighted by molar-refractivity contribution is 0.800. The van der Waals surface area contributed by atoms with Gasteiger partial charge in [-0.3, -0.25) is 4.98 Å². The van der Waals surface area contributed by atoms with Crippen LogP contribution in [0.25, 0.3) is 0 Å². The fraction of sp³-hybridized carbons (Fsp3) is 0.267. The first-order valence-electron chi connectivity index (χ1n) is 6.24. The number of hydrogen-bond acceptors (Lipinski definition) is 3. The molecule has 0 radical (unpaired) electrons. The third-order valence-electron chi connectivity index (χ3n) is 3.02. The van der Waals surface area contributed by atoms with Crippen LogP contribution >= 0.6 is 11.6 Å². The van der Waals surface area contributed by atoms with E-state index in [1.165, 1.54) is 11.3 Å². The average Bonchev–Trinajstić information content (AvgIpc) is 2.42. The van der Waals surface area contributed by atoms with Crippen molar-refractivity contribution in [3.05, 3.63) is 58.9 Å². The van der Waals surface area contributed by atoms with Crippen molar-refractivity contribution < 1.29 is 0 Å². The molecule has 0 bridgehead atoms. The van der Waals surface area contributed by atoms with E-state index in [1.807, 2.05) is 43.7 Å². The number of pyridine rings is 1. The number of aromatic nitrogens is 1. The molecule has 0 aliphatic heterocycles. The lowest BCUT2D eigenvalue weighted by atomic mass is 10.1. The lowest BCUT2D eigenvalue weighted by Gasteiger charge is -2.22. The van der Waals surface area contributed by atoms with E-state index in [9.17, 15) is 0 Å². The van der Waals surface area contributed by atoms with E-state index in [0.717, 1.165) is 23.7 Å². The average molecular weight is 276 g/mol. The minimum absolute atomic E-state index is 0.778. The zero-order valence-electron chi connectivity index (χ0n) is 11.2. The summed E-state index contributed by atoms with van der Waals surface area (Å²) in [7, 11) is 4.00. The van der Waals surface area contributed by atoms with Gasteiger partial charge in [-0.1, -0.05) is 29.8 Å². The summed E-state index contributed by atoms with van der Waals surface area (Å²) in [5.74, 6) is 0. The van der Waals surface area contributed by atoms with Crippen molar-refractivity contribution in [2.45, 2.75) is 13.1 Å². The molecular weight excluding hydrogens is 258 g/mol. The molecule has 0 unspecified atom stereocenters. The highest BCUT2D eigenvalue weighted by molar-refractivity contribution is 6.31. The maximum Gasteiger partial charge on any atom is 0.0455 e. The van der Waals surface area contributed by atoms with Gasteiger partial charge in [0.1, 0.15) is 0 Å². The van der Waals surface area contributed by atoms with Gasteiger partial charge in [0.25, 0.3) is 0 Å². The summed E-state index contributed by atoms with van der Waals surface area (Å²) < 4.78 is 0. The van der Waals surface area contributed by atoms with Gasteiger partial charge in [0.2, 0.25) is 0 Å². The number of anilines is 1. The Kier molecular flexibility index (Phi) is 4.77. The topological polar surface area (TPSA) is 28.2 Å². The van der Waals surface area contributed by atoms with Crippen LogP contribution in [0, 0.1) is 0 Å². The predicted molar refractivity (Wildman–Crippen MR) is 80.6 cm³/mol. The van der Waals surface area contributed by atoms with Crippen LogP contribution in [0.1, 0.15) is 11.1 Å². The van der Waals surface area contributed by atoms with Crippen molar-refractivity contribution in [2.24, 2.45) is 0 Å². The molecule has 0 fully saturated rings. The van der Waals surface area contributed by atoms with Gasteiger partial charge < -0.3 is 10.2 Å². The second-order valence-corrected chi connectivity index (χ2v) is 4.89. The van der Waals surface area contributed by atoms with Gasteiger partial charge in [-0.25, -0.2) is 0 Å². The fourth-order valence-electron chi connectivity index (χ4n) is 2.09. The molecule has 1 aromatic carbocycles. The smallest absolute Gasteiger partial charge is 0.0455 e. The summed E-state index contributed by atoms with van der Waals surface area (Å²) in [6.45, 7) is 1.58. The molecule has 0 amide bonds. The highest BCUT2D eigenvalue weighted by atomic mass is 35.5. The van der Waals surface area contributed by atoms with E-state index < -0.39 is 0 Å². The van der Waals surface area contributed by atoms with Gasteiger partial charge in [-0.15, -0.1) is 0 Å². The molecule has 19 heavy (non-hydrogen) atoms. The summed E-state index contributed by atoms with van der Waals surface area (Å²) in [5, 5.41) is 3.97. The zero-order valence-corrected chi connectivity index (χ0v) is 12.0. The molecule has 4 heteroatoms. The lowest BCUT2D eigenvalue weighted by Crippen LogP contribution is -2.20. The van der Waals surface area contributed by atoms with E-state index in [1.54, 1.807) is 0 Å². The number of nitrogens with one attached hydrogen (secondary N) is 1. The molecule has 0 aliphatic rings. The van der Waals surface area contributed by atoms with Gasteiger partial charge in [0.05, 0.1) is 0 Å². The Morgan fingerprint density at radius 3 is 2.74 bits per heavy atom. The second-order valence-electron chi connectivity index (χ2n) is 4.48. The number of benzene rings is 1. The Hall–Kier alpha value is -1.58. The van der Waals surface area contributed by atoms with Crippen LogP contribution in [0.4, 0.5) is 5.69 Å². The highest BCUT2D eigenvalue weighted by Crippen LogP contribution is 2.22. The molecule has 0 aliphatic carbocycles. The van der Waals surface area contributed by atoms with Gasteiger partial charge in [0, 0.05) is 48.8 Å². The fourth-order valence-corrected chi connectivity index (χ4v) is 2.28. The maximum atomic E-state index is 6.21. The molecule has 3 nitrogen and oxygen atoms in total. The molecule has 1 aromatic heterocycles. The molecule has 1 N–H and O–H groups in total. The Bertz CT molecular complexity index is 542. The highest BCUT2D eigenvalue weighted by Gasteiger charge is 2.09. The molecule has 0 saturated carbocycles. The van der Waals surface area contributed by atoms with Gasteiger partial charge >= 0.3 is 0 Å². The summed E-state index contributed by atoms with van der Waals surface area (Å²) in [6, 6.07) is 9.97. The first-order chi connectivity index (χ1) is 9.22. The van der Waals surface area contributed by atoms with Crippen molar-refractivity contribution in [1.82, 2.24) is 10.3 Å². The molecule has 0 spiro atoms. The van der Waals surface area contributed by atoms with Crippen LogP contribution in [0.5, 0.6) is 0 Å². The minimum Gasteiger partial charge on any atom is -0.370 e. The Morgan fingerprint density at radius 1 is 1.21 bits per heavy atom. The van der Waals surface area contributed by atoms with Crippen molar-refractivity contribution in [2.75, 3.05) is 19.0 Å². The first kappa shape index (κ1) is 13.8. The second kappa shape index (κ2) is 6.55. The third-order valence-corrected chi connectivity index (χ3v) is 3.39. The monoisotopic (exact) mass is 275 g/mol. The summed E-state index contributed by atoms with van der Waals surface area (Å²) >= 11 is 6.21. The van der Waals surface area contributed by atoms with Crippen LogP contribution in [0.15, 0.2) is 42.7 Å². The zero-order chi connectivity index (χ0) is 13.7. The molecule has 2 aromatic rings. The van der Waals surface area contributed by atoms with Crippen LogP contribution in [-0.2, 0) is 13.1 Å². The number of halogens is 1. The summed E-state index contributed by atoms with van der Waals surface area (Å²) in [6.07, 6.45) is 3.71. The molecule has 0 atom stereocenters. The Morgan fingerprint density at radius 2 is 2.00 bits per heavy atom. The van der Waals surface area contributed by atoms with Crippen LogP contribution in [0.2, 0.25) is 5.02 Å². The van der Waals surface area contributed by atoms with Gasteiger partial charge in [-0.05, 0) is 24.7 Å². The molecule has 0 saturated heterocycles. The molecule has 2 rings (SSSR count). The van der Waals surface area contributed by atoms with Crippen molar-refractivity contribution in [3.8, 4) is 0 Å². The van der Waals surface area contributed by atoms with E-state index in [-0.39, 0.29) is 0 Å². The number of rotatable bonds is 5. The molecule has 100 valence electrons. The van der Waals surface area contributed by atoms with Gasteiger partial charge in [0.15, 0.2) is 0 Å². The van der Waals surface area contributed by atoms with E-state index >= 15 is 0 Å². The van der Waals surface area contributed by atoms with Crippen LogP contribution < -0.4 is 10.2 Å². The SMILES string of the molecule is CNCc1cnccc1N(C)Cc1ccccc1Cl. The van der Waals surface area contributed by atoms with Crippen molar-refractivity contribution in [1.29, 1.82) is 0 Å². The van der Waals surface area contributed by atoms with E-state index in [2.05, 4.69) is 28.3 Å². The first-order valence-corrected chi connectivity index (χ1v) is 6.62. The third kappa shape index (κ3) is 3.46. The maximum absolute atomic E-state index is 6.21. The number of nitrogens with zero attached hydrogens (tertiary/aromatic N) is 2. The van der Waals surface area contributed by atoms with Gasteiger partial charge in [-0.2, -0.15) is 0 Å². The quantitative estimate of drug-likeness (QED) is 0.909.